The molecule has 0 N–H and O–H groups in total. The second-order valence-electron chi connectivity index (χ2n) is 4.75. The summed E-state index contributed by atoms with van der Waals surface area (Å²) < 4.78 is 0. The van der Waals surface area contributed by atoms with Crippen molar-refractivity contribution < 1.29 is 0 Å². The Balaban J connectivity index is 2.52. The van der Waals surface area contributed by atoms with E-state index in [-0.39, 0.29) is 0 Å². The molecule has 0 amide bonds. The van der Waals surface area contributed by atoms with Gasteiger partial charge < -0.3 is 0 Å². The molecule has 0 spiro atoms. The molecule has 0 unspecified atom stereocenters. The van der Waals surface area contributed by atoms with E-state index in [9.17, 15) is 0 Å². The molecule has 0 nitrogen and oxygen atoms in total. The van der Waals surface area contributed by atoms with Crippen molar-refractivity contribution in [1.29, 1.82) is 0 Å². The summed E-state index contributed by atoms with van der Waals surface area (Å²) in [5, 5.41) is 1.56. The summed E-state index contributed by atoms with van der Waals surface area (Å²) in [6, 6.07) is 9.61. The Morgan fingerprint density at radius 2 is 1.79 bits per heavy atom. The Labute approximate surface area is 96.7 Å². The van der Waals surface area contributed by atoms with Crippen LogP contribution in [0.4, 0.5) is 0 Å². The van der Waals surface area contributed by atoms with Crippen LogP contribution in [0.3, 0.4) is 0 Å². The quantitative estimate of drug-likeness (QED) is 0.497. The average Bonchev–Trinajstić information content (AvgIpc) is 2.00. The minimum atomic E-state index is -1.97. The van der Waals surface area contributed by atoms with Crippen molar-refractivity contribution in [1.82, 2.24) is 0 Å². The van der Waals surface area contributed by atoms with Gasteiger partial charge in [0.15, 0.2) is 0 Å². The molecular formula is C10H14Cl2Si2. The highest BCUT2D eigenvalue weighted by atomic mass is 35.7. The van der Waals surface area contributed by atoms with Gasteiger partial charge in [-0.1, -0.05) is 42.5 Å². The van der Waals surface area contributed by atoms with Crippen LogP contribution in [0.1, 0.15) is 5.56 Å². The minimum absolute atomic E-state index is 0.933. The average molecular weight is 261 g/mol. The highest BCUT2D eigenvalue weighted by Gasteiger charge is 2.43. The molecule has 14 heavy (non-hydrogen) atoms. The maximum Gasteiger partial charge on any atom is 0.253 e. The van der Waals surface area contributed by atoms with Crippen LogP contribution in [-0.4, -0.2) is 14.8 Å². The Bertz CT molecular complexity index is 361. The topological polar surface area (TPSA) is 0 Å². The number of rotatable bonds is 0. The van der Waals surface area contributed by atoms with Gasteiger partial charge in [0.2, 0.25) is 0 Å². The first-order valence-electron chi connectivity index (χ1n) is 4.87. The number of hydrogen-bond donors (Lipinski definition) is 0. The summed E-state index contributed by atoms with van der Waals surface area (Å²) in [6.07, 6.45) is 0. The predicted molar refractivity (Wildman–Crippen MR) is 69.5 cm³/mol. The molecule has 0 bridgehead atoms. The lowest BCUT2D eigenvalue weighted by Gasteiger charge is -2.36. The fourth-order valence-electron chi connectivity index (χ4n) is 2.42. The zero-order valence-corrected chi connectivity index (χ0v) is 12.0. The molecule has 4 heteroatoms. The standard InChI is InChI=1S/C10H14Cl2Si2/c1-13(2)8-14(11,12)7-9-5-3-4-6-10(9)13/h3-6H,7-8H2,1-2H3. The minimum Gasteiger partial charge on any atom is -0.146 e. The predicted octanol–water partition coefficient (Wildman–Crippen LogP) is 3.16. The molecule has 76 valence electrons. The van der Waals surface area contributed by atoms with Crippen LogP contribution in [0.25, 0.3) is 0 Å². The molecule has 0 saturated carbocycles. The molecule has 0 aromatic heterocycles. The molecule has 1 aromatic carbocycles. The van der Waals surface area contributed by atoms with Crippen molar-refractivity contribution in [3.8, 4) is 0 Å². The van der Waals surface area contributed by atoms with Crippen molar-refractivity contribution in [2.75, 3.05) is 0 Å². The molecule has 0 radical (unpaired) electrons. The third-order valence-electron chi connectivity index (χ3n) is 2.90. The lowest BCUT2D eigenvalue weighted by molar-refractivity contribution is 1.33. The molecule has 0 aliphatic carbocycles. The Morgan fingerprint density at radius 1 is 1.14 bits per heavy atom. The monoisotopic (exact) mass is 260 g/mol. The van der Waals surface area contributed by atoms with Crippen LogP contribution in [-0.2, 0) is 6.04 Å². The maximum atomic E-state index is 6.42. The van der Waals surface area contributed by atoms with Gasteiger partial charge in [-0.25, -0.2) is 0 Å². The normalized spacial score (nSPS) is 22.9. The molecule has 1 heterocycles. The number of hydrogen-bond acceptors (Lipinski definition) is 0. The molecule has 0 saturated heterocycles. The van der Waals surface area contributed by atoms with Gasteiger partial charge >= 0.3 is 0 Å². The van der Waals surface area contributed by atoms with Crippen molar-refractivity contribution >= 4 is 42.1 Å². The Kier molecular flexibility index (Phi) is 2.59. The fourth-order valence-corrected chi connectivity index (χ4v) is 18.4. The van der Waals surface area contributed by atoms with Gasteiger partial charge in [-0.15, -0.1) is 22.2 Å². The summed E-state index contributed by atoms with van der Waals surface area (Å²) in [7, 11) is -1.35. The third-order valence-corrected chi connectivity index (χ3v) is 14.6. The lowest BCUT2D eigenvalue weighted by atomic mass is 10.2. The van der Waals surface area contributed by atoms with E-state index in [2.05, 4.69) is 37.4 Å². The van der Waals surface area contributed by atoms with Crippen LogP contribution >= 0.6 is 22.2 Å². The largest absolute Gasteiger partial charge is 0.253 e. The smallest absolute Gasteiger partial charge is 0.146 e. The van der Waals surface area contributed by atoms with Crippen molar-refractivity contribution in [3.05, 3.63) is 29.8 Å². The van der Waals surface area contributed by atoms with Crippen LogP contribution < -0.4 is 5.19 Å². The SMILES string of the molecule is C[Si]1(C)C[Si](Cl)(Cl)Cc2ccccc21. The molecule has 0 fully saturated rings. The van der Waals surface area contributed by atoms with Gasteiger partial charge in [0.1, 0.15) is 0 Å². The van der Waals surface area contributed by atoms with E-state index >= 15 is 0 Å². The summed E-state index contributed by atoms with van der Waals surface area (Å²) in [6.45, 7) is 2.77. The summed E-state index contributed by atoms with van der Waals surface area (Å²) in [5.74, 6) is 0. The van der Waals surface area contributed by atoms with E-state index < -0.39 is 14.8 Å². The molecule has 0 atom stereocenters. The van der Waals surface area contributed by atoms with Gasteiger partial charge in [0, 0.05) is 0 Å². The highest BCUT2D eigenvalue weighted by Crippen LogP contribution is 2.34. The molecule has 1 aliphatic heterocycles. The first kappa shape index (κ1) is 10.7. The van der Waals surface area contributed by atoms with Crippen LogP contribution in [0.15, 0.2) is 24.3 Å². The van der Waals surface area contributed by atoms with E-state index in [0.717, 1.165) is 11.7 Å². The van der Waals surface area contributed by atoms with Gasteiger partial charge in [0.25, 0.3) is 6.69 Å². The van der Waals surface area contributed by atoms with Gasteiger partial charge in [0.05, 0.1) is 8.07 Å². The number of benzene rings is 1. The number of fused-ring (bicyclic) bond motifs is 1. The van der Waals surface area contributed by atoms with Crippen LogP contribution in [0.5, 0.6) is 0 Å². The molecule has 2 rings (SSSR count). The van der Waals surface area contributed by atoms with E-state index in [0.29, 0.717) is 0 Å². The van der Waals surface area contributed by atoms with E-state index in [1.165, 1.54) is 5.56 Å². The lowest BCUT2D eigenvalue weighted by Crippen LogP contribution is -2.54. The second-order valence-corrected chi connectivity index (χ2v) is 17.5. The Hall–Kier alpha value is 0.234. The molecule has 1 aliphatic rings. The van der Waals surface area contributed by atoms with Gasteiger partial charge in [-0.2, -0.15) is 0 Å². The summed E-state index contributed by atoms with van der Waals surface area (Å²) in [4.78, 5) is 0. The third kappa shape index (κ3) is 1.94. The second kappa shape index (κ2) is 3.37. The molecular weight excluding hydrogens is 247 g/mol. The van der Waals surface area contributed by atoms with Crippen molar-refractivity contribution in [2.45, 2.75) is 24.8 Å². The summed E-state index contributed by atoms with van der Waals surface area (Å²) >= 11 is 12.8. The van der Waals surface area contributed by atoms with Gasteiger partial charge in [-0.05, 0) is 17.3 Å². The summed E-state index contributed by atoms with van der Waals surface area (Å²) in [5.41, 5.74) is 2.51. The first-order chi connectivity index (χ1) is 6.41. The fraction of sp³-hybridized carbons (Fsp3) is 0.400. The zero-order valence-electron chi connectivity index (χ0n) is 8.48. The first-order valence-corrected chi connectivity index (χ1v) is 12.5. The van der Waals surface area contributed by atoms with E-state index in [4.69, 9.17) is 22.2 Å². The van der Waals surface area contributed by atoms with Crippen molar-refractivity contribution in [3.63, 3.8) is 0 Å². The maximum absolute atomic E-state index is 6.42. The molecule has 1 aromatic rings. The van der Waals surface area contributed by atoms with E-state index in [1.807, 2.05) is 0 Å². The van der Waals surface area contributed by atoms with E-state index in [1.54, 1.807) is 5.19 Å². The van der Waals surface area contributed by atoms with Crippen molar-refractivity contribution in [2.24, 2.45) is 0 Å². The Morgan fingerprint density at radius 3 is 2.50 bits per heavy atom. The van der Waals surface area contributed by atoms with Gasteiger partial charge in [-0.3, -0.25) is 0 Å². The van der Waals surface area contributed by atoms with Crippen LogP contribution in [0.2, 0.25) is 18.8 Å². The highest BCUT2D eigenvalue weighted by molar-refractivity contribution is 7.48. The van der Waals surface area contributed by atoms with Crippen LogP contribution in [0, 0.1) is 0 Å². The zero-order chi connectivity index (χ0) is 10.4. The number of halogens is 2.